The minimum absolute atomic E-state index is 0. The van der Waals surface area contributed by atoms with Gasteiger partial charge in [-0.2, -0.15) is 5.26 Å². The first kappa shape index (κ1) is 21.4. The van der Waals surface area contributed by atoms with E-state index in [0.717, 1.165) is 69.8 Å². The first-order chi connectivity index (χ1) is 13.7. The molecule has 2 amide bonds. The van der Waals surface area contributed by atoms with Gasteiger partial charge in [-0.15, -0.1) is 12.4 Å². The van der Waals surface area contributed by atoms with Gasteiger partial charge in [-0.3, -0.25) is 14.5 Å². The van der Waals surface area contributed by atoms with E-state index in [1.54, 1.807) is 9.80 Å². The topological polar surface area (TPSA) is 70.9 Å². The summed E-state index contributed by atoms with van der Waals surface area (Å²) < 4.78 is 0. The number of hydrogen-bond acceptors (Lipinski definition) is 5. The van der Waals surface area contributed by atoms with Gasteiger partial charge < -0.3 is 14.7 Å². The van der Waals surface area contributed by atoms with Crippen LogP contribution in [-0.4, -0.2) is 84.9 Å². The van der Waals surface area contributed by atoms with Crippen LogP contribution in [-0.2, 0) is 9.59 Å². The lowest BCUT2D eigenvalue weighted by Crippen LogP contribution is -2.57. The van der Waals surface area contributed by atoms with Crippen LogP contribution in [0.15, 0.2) is 24.3 Å². The zero-order valence-electron chi connectivity index (χ0n) is 16.6. The Bertz CT molecular complexity index is 788. The third-order valence-corrected chi connectivity index (χ3v) is 6.14. The fraction of sp³-hybridized carbons (Fsp3) is 0.571. The Morgan fingerprint density at radius 3 is 2.55 bits per heavy atom. The van der Waals surface area contributed by atoms with Crippen molar-refractivity contribution in [2.45, 2.75) is 25.3 Å². The van der Waals surface area contributed by atoms with Gasteiger partial charge in [0.1, 0.15) is 12.1 Å². The summed E-state index contributed by atoms with van der Waals surface area (Å²) in [6.45, 7) is 6.27. The van der Waals surface area contributed by atoms with Crippen LogP contribution < -0.4 is 4.90 Å². The molecule has 3 aliphatic heterocycles. The predicted molar refractivity (Wildman–Crippen MR) is 113 cm³/mol. The number of anilines is 1. The van der Waals surface area contributed by atoms with Crippen molar-refractivity contribution in [2.24, 2.45) is 0 Å². The molecule has 1 atom stereocenters. The first-order valence-electron chi connectivity index (χ1n) is 10.2. The maximum atomic E-state index is 12.6. The number of carbonyl (C=O) groups excluding carboxylic acids is 2. The molecule has 7 nitrogen and oxygen atoms in total. The molecule has 29 heavy (non-hydrogen) atoms. The number of carbonyl (C=O) groups is 2. The van der Waals surface area contributed by atoms with Gasteiger partial charge >= 0.3 is 0 Å². The van der Waals surface area contributed by atoms with Gasteiger partial charge in [0, 0.05) is 39.3 Å². The number of halogens is 1. The number of benzene rings is 1. The van der Waals surface area contributed by atoms with Gasteiger partial charge in [-0.1, -0.05) is 12.1 Å². The van der Waals surface area contributed by atoms with Crippen molar-refractivity contribution in [3.05, 3.63) is 29.8 Å². The highest BCUT2D eigenvalue weighted by molar-refractivity contribution is 5.95. The zero-order chi connectivity index (χ0) is 19.5. The minimum atomic E-state index is -0.204. The molecule has 1 aromatic rings. The number of nitrogens with zero attached hydrogens (tertiary/aromatic N) is 5. The van der Waals surface area contributed by atoms with Gasteiger partial charge in [0.25, 0.3) is 0 Å². The van der Waals surface area contributed by atoms with Crippen LogP contribution in [0, 0.1) is 11.3 Å². The van der Waals surface area contributed by atoms with Gasteiger partial charge in [0.2, 0.25) is 11.8 Å². The molecular weight excluding hydrogens is 390 g/mol. The smallest absolute Gasteiger partial charge is 0.245 e. The van der Waals surface area contributed by atoms with Crippen molar-refractivity contribution >= 4 is 29.9 Å². The maximum Gasteiger partial charge on any atom is 0.245 e. The summed E-state index contributed by atoms with van der Waals surface area (Å²) in [4.78, 5) is 33.0. The Balaban J connectivity index is 0.00000240. The van der Waals surface area contributed by atoms with Crippen molar-refractivity contribution in [1.82, 2.24) is 14.7 Å². The summed E-state index contributed by atoms with van der Waals surface area (Å²) in [5, 5.41) is 9.29. The van der Waals surface area contributed by atoms with Crippen molar-refractivity contribution < 1.29 is 9.59 Å². The summed E-state index contributed by atoms with van der Waals surface area (Å²) in [5.41, 5.74) is 1.74. The Labute approximate surface area is 178 Å². The third kappa shape index (κ3) is 4.49. The van der Waals surface area contributed by atoms with Gasteiger partial charge in [-0.25, -0.2) is 0 Å². The average Bonchev–Trinajstić information content (AvgIpc) is 3.23. The molecule has 0 spiro atoms. The summed E-state index contributed by atoms with van der Waals surface area (Å²) >= 11 is 0. The molecule has 8 heteroatoms. The Morgan fingerprint density at radius 2 is 1.79 bits per heavy atom. The van der Waals surface area contributed by atoms with Crippen molar-refractivity contribution in [3.63, 3.8) is 0 Å². The molecule has 0 aliphatic carbocycles. The number of amides is 2. The highest BCUT2D eigenvalue weighted by Gasteiger charge is 2.41. The summed E-state index contributed by atoms with van der Waals surface area (Å²) in [7, 11) is 0. The lowest BCUT2D eigenvalue weighted by atomic mass is 10.1. The molecule has 1 aromatic carbocycles. The number of rotatable bonds is 5. The molecule has 0 saturated carbocycles. The molecule has 0 N–H and O–H groups in total. The van der Waals surface area contributed by atoms with E-state index < -0.39 is 0 Å². The fourth-order valence-electron chi connectivity index (χ4n) is 4.60. The van der Waals surface area contributed by atoms with Crippen LogP contribution in [0.3, 0.4) is 0 Å². The Morgan fingerprint density at radius 1 is 1.03 bits per heavy atom. The molecule has 1 unspecified atom stereocenters. The molecule has 0 aromatic heterocycles. The summed E-state index contributed by atoms with van der Waals surface area (Å²) in [5.74, 6) is 0.238. The van der Waals surface area contributed by atoms with E-state index in [-0.39, 0.29) is 36.8 Å². The van der Waals surface area contributed by atoms with E-state index in [9.17, 15) is 14.9 Å². The highest BCUT2D eigenvalue weighted by Crippen LogP contribution is 2.24. The SMILES string of the molecule is Cl.N#Cc1ccccc1N1CCN(CCCN2CC(=O)N3CCCC3C2=O)CC1. The van der Waals surface area contributed by atoms with Crippen LogP contribution in [0.4, 0.5) is 5.69 Å². The first-order valence-corrected chi connectivity index (χ1v) is 10.2. The normalized spacial score (nSPS) is 22.3. The van der Waals surface area contributed by atoms with Gasteiger partial charge in [0.15, 0.2) is 0 Å². The molecule has 3 aliphatic rings. The van der Waals surface area contributed by atoms with Crippen LogP contribution in [0.5, 0.6) is 0 Å². The van der Waals surface area contributed by atoms with Crippen molar-refractivity contribution in [1.29, 1.82) is 5.26 Å². The van der Waals surface area contributed by atoms with E-state index in [2.05, 4.69) is 15.9 Å². The lowest BCUT2D eigenvalue weighted by molar-refractivity contribution is -0.153. The zero-order valence-corrected chi connectivity index (χ0v) is 17.4. The number of fused-ring (bicyclic) bond motifs is 1. The fourth-order valence-corrected chi connectivity index (χ4v) is 4.60. The van der Waals surface area contributed by atoms with Gasteiger partial charge in [-0.05, 0) is 37.9 Å². The quantitative estimate of drug-likeness (QED) is 0.722. The molecule has 4 rings (SSSR count). The maximum absolute atomic E-state index is 12.6. The van der Waals surface area contributed by atoms with E-state index in [1.807, 2.05) is 24.3 Å². The van der Waals surface area contributed by atoms with Crippen LogP contribution >= 0.6 is 12.4 Å². The average molecular weight is 418 g/mol. The molecule has 3 saturated heterocycles. The lowest BCUT2D eigenvalue weighted by Gasteiger charge is -2.38. The predicted octanol–water partition coefficient (Wildman–Crippen LogP) is 1.33. The van der Waals surface area contributed by atoms with Crippen LogP contribution in [0.2, 0.25) is 0 Å². The van der Waals surface area contributed by atoms with Crippen LogP contribution in [0.25, 0.3) is 0 Å². The van der Waals surface area contributed by atoms with E-state index in [4.69, 9.17) is 0 Å². The van der Waals surface area contributed by atoms with Crippen molar-refractivity contribution in [2.75, 3.05) is 57.3 Å². The van der Waals surface area contributed by atoms with Gasteiger partial charge in [0.05, 0.1) is 17.8 Å². The molecule has 3 heterocycles. The highest BCUT2D eigenvalue weighted by atomic mass is 35.5. The number of nitriles is 1. The number of para-hydroxylation sites is 1. The van der Waals surface area contributed by atoms with E-state index in [1.165, 1.54) is 0 Å². The second-order valence-corrected chi connectivity index (χ2v) is 7.82. The Hall–Kier alpha value is -2.30. The van der Waals surface area contributed by atoms with Crippen LogP contribution in [0.1, 0.15) is 24.8 Å². The largest absolute Gasteiger partial charge is 0.368 e. The summed E-state index contributed by atoms with van der Waals surface area (Å²) in [6.07, 6.45) is 2.64. The monoisotopic (exact) mass is 417 g/mol. The second kappa shape index (κ2) is 9.47. The second-order valence-electron chi connectivity index (χ2n) is 7.82. The molecule has 156 valence electrons. The summed E-state index contributed by atoms with van der Waals surface area (Å²) in [6, 6.07) is 9.83. The molecule has 3 fully saturated rings. The Kier molecular flexibility index (Phi) is 6.99. The third-order valence-electron chi connectivity index (χ3n) is 6.14. The van der Waals surface area contributed by atoms with E-state index in [0.29, 0.717) is 6.54 Å². The number of piperazine rings is 2. The standard InChI is InChI=1S/C21H27N5O2.ClH/c22-15-17-5-1-2-6-18(17)24-13-11-23(12-14-24)8-4-9-25-16-20(27)26-10-3-7-19(26)21(25)28;/h1-2,5-6,19H,3-4,7-14,16H2;1H. The minimum Gasteiger partial charge on any atom is -0.368 e. The molecule has 0 radical (unpaired) electrons. The molecule has 0 bridgehead atoms. The van der Waals surface area contributed by atoms with Crippen molar-refractivity contribution in [3.8, 4) is 6.07 Å². The van der Waals surface area contributed by atoms with E-state index >= 15 is 0 Å². The molecular formula is C21H28ClN5O2. The number of hydrogen-bond donors (Lipinski definition) is 0.